The van der Waals surface area contributed by atoms with Gasteiger partial charge in [-0.2, -0.15) is 0 Å². The molecule has 1 aromatic heterocycles. The maximum Gasteiger partial charge on any atom is 0.232 e. The number of carbonyl (C=O) groups excluding carboxylic acids is 2. The van der Waals surface area contributed by atoms with E-state index >= 15 is 0 Å². The second kappa shape index (κ2) is 8.57. The highest BCUT2D eigenvalue weighted by Crippen LogP contribution is 2.51. The van der Waals surface area contributed by atoms with Crippen LogP contribution in [0.15, 0.2) is 47.7 Å². The predicted molar refractivity (Wildman–Crippen MR) is 132 cm³/mol. The first kappa shape index (κ1) is 24.2. The molecule has 1 fully saturated rings. The fourth-order valence-corrected chi connectivity index (χ4v) is 5.57. The van der Waals surface area contributed by atoms with Gasteiger partial charge in [0.2, 0.25) is 11.8 Å². The minimum atomic E-state index is -0.579. The third-order valence-electron chi connectivity index (χ3n) is 7.16. The Morgan fingerprint density at radius 3 is 2.72 bits per heavy atom. The molecule has 2 unspecified atom stereocenters. The van der Waals surface area contributed by atoms with Crippen molar-refractivity contribution in [3.8, 4) is 5.75 Å². The molecule has 190 valence electrons. The number of aromatic nitrogens is 1. The lowest BCUT2D eigenvalue weighted by Gasteiger charge is -2.38. The lowest BCUT2D eigenvalue weighted by molar-refractivity contribution is -0.132. The fourth-order valence-electron chi connectivity index (χ4n) is 5.57. The van der Waals surface area contributed by atoms with Crippen molar-refractivity contribution in [1.29, 1.82) is 0 Å². The average Bonchev–Trinajstić information content (AvgIpc) is 3.55. The Labute approximate surface area is 210 Å². The van der Waals surface area contributed by atoms with Crippen LogP contribution in [-0.4, -0.2) is 38.8 Å². The summed E-state index contributed by atoms with van der Waals surface area (Å²) in [5.74, 6) is -0.631. The lowest BCUT2D eigenvalue weighted by Crippen LogP contribution is -2.52. The molecule has 36 heavy (non-hydrogen) atoms. The number of rotatable bonds is 5. The van der Waals surface area contributed by atoms with Crippen molar-refractivity contribution in [3.05, 3.63) is 59.7 Å². The SMILES string of the molecule is CC1(C)CC(=O)N([C@H](c2cccnc2)[C@H]2CC2C(=O)NC2CC(C)(C)Oc3cccc(F)c32)C(N)=N1. The highest BCUT2D eigenvalue weighted by Gasteiger charge is 2.53. The van der Waals surface area contributed by atoms with Crippen LogP contribution in [0.2, 0.25) is 0 Å². The standard InChI is InChI=1S/C27H32FN5O3/c1-26(2)13-21(34)33(25(29)32-26)23(15-7-6-10-30-14-15)16-11-17(16)24(35)31-19-12-27(3,4)36-20-9-5-8-18(28)22(19)20/h5-10,14,16-17,19,23H,11-13H2,1-4H3,(H2,29,32)(H,31,35)/t16-,17?,19?,23+/m0/s1. The van der Waals surface area contributed by atoms with Crippen molar-refractivity contribution in [2.75, 3.05) is 0 Å². The van der Waals surface area contributed by atoms with Crippen LogP contribution >= 0.6 is 0 Å². The Hall–Kier alpha value is -3.49. The summed E-state index contributed by atoms with van der Waals surface area (Å²) in [5, 5.41) is 3.07. The van der Waals surface area contributed by atoms with Crippen LogP contribution in [-0.2, 0) is 9.59 Å². The van der Waals surface area contributed by atoms with E-state index < -0.39 is 29.0 Å². The number of nitrogens with two attached hydrogens (primary N) is 1. The molecule has 0 spiro atoms. The number of ether oxygens (including phenoxy) is 1. The van der Waals surface area contributed by atoms with E-state index in [1.807, 2.05) is 33.8 Å². The number of hydrogen-bond acceptors (Lipinski definition) is 6. The molecular weight excluding hydrogens is 461 g/mol. The molecule has 2 amide bonds. The Bertz CT molecular complexity index is 1230. The van der Waals surface area contributed by atoms with E-state index in [2.05, 4.69) is 15.3 Å². The van der Waals surface area contributed by atoms with Crippen LogP contribution in [0.25, 0.3) is 0 Å². The molecule has 2 aliphatic heterocycles. The summed E-state index contributed by atoms with van der Waals surface area (Å²) in [6.07, 6.45) is 4.60. The topological polar surface area (TPSA) is 110 Å². The number of nitrogens with zero attached hydrogens (tertiary/aromatic N) is 3. The molecule has 1 aliphatic carbocycles. The summed E-state index contributed by atoms with van der Waals surface area (Å²) >= 11 is 0. The van der Waals surface area contributed by atoms with Gasteiger partial charge in [-0.3, -0.25) is 19.5 Å². The van der Waals surface area contributed by atoms with E-state index in [0.29, 0.717) is 24.2 Å². The zero-order valence-corrected chi connectivity index (χ0v) is 21.0. The summed E-state index contributed by atoms with van der Waals surface area (Å²) in [5.41, 5.74) is 6.33. The van der Waals surface area contributed by atoms with E-state index in [1.165, 1.54) is 11.0 Å². The van der Waals surface area contributed by atoms with Gasteiger partial charge in [0.25, 0.3) is 0 Å². The van der Waals surface area contributed by atoms with Crippen molar-refractivity contribution in [1.82, 2.24) is 15.2 Å². The van der Waals surface area contributed by atoms with Gasteiger partial charge in [-0.1, -0.05) is 12.1 Å². The zero-order valence-electron chi connectivity index (χ0n) is 21.0. The highest BCUT2D eigenvalue weighted by molar-refractivity contribution is 5.99. The molecule has 9 heteroatoms. The van der Waals surface area contributed by atoms with E-state index in [1.54, 1.807) is 30.6 Å². The zero-order chi connectivity index (χ0) is 25.8. The molecule has 4 atom stereocenters. The Morgan fingerprint density at radius 1 is 1.25 bits per heavy atom. The number of guanidine groups is 1. The number of benzene rings is 1. The number of pyridine rings is 1. The summed E-state index contributed by atoms with van der Waals surface area (Å²) in [6, 6.07) is 7.42. The minimum Gasteiger partial charge on any atom is -0.487 e. The number of amides is 2. The first-order valence-corrected chi connectivity index (χ1v) is 12.3. The third kappa shape index (κ3) is 4.54. The molecule has 8 nitrogen and oxygen atoms in total. The van der Waals surface area contributed by atoms with Crippen LogP contribution in [0.3, 0.4) is 0 Å². The maximum absolute atomic E-state index is 14.7. The second-order valence-corrected chi connectivity index (χ2v) is 11.2. The van der Waals surface area contributed by atoms with Gasteiger partial charge < -0.3 is 15.8 Å². The van der Waals surface area contributed by atoms with E-state index in [4.69, 9.17) is 10.5 Å². The van der Waals surface area contributed by atoms with Crippen molar-refractivity contribution >= 4 is 17.8 Å². The number of fused-ring (bicyclic) bond motifs is 1. The third-order valence-corrected chi connectivity index (χ3v) is 7.16. The van der Waals surface area contributed by atoms with Gasteiger partial charge in [0.1, 0.15) is 17.2 Å². The normalized spacial score (nSPS) is 26.8. The first-order valence-electron chi connectivity index (χ1n) is 12.3. The minimum absolute atomic E-state index is 0.130. The molecule has 0 saturated heterocycles. The maximum atomic E-state index is 14.7. The van der Waals surface area contributed by atoms with Gasteiger partial charge in [0, 0.05) is 24.7 Å². The fraction of sp³-hybridized carbons (Fsp3) is 0.481. The molecule has 3 N–H and O–H groups in total. The second-order valence-electron chi connectivity index (χ2n) is 11.2. The Balaban J connectivity index is 1.40. The molecular formula is C27H32FN5O3. The van der Waals surface area contributed by atoms with Gasteiger partial charge in [0.05, 0.1) is 29.6 Å². The Morgan fingerprint density at radius 2 is 2.03 bits per heavy atom. The Kier molecular flexibility index (Phi) is 5.76. The number of aliphatic imine (C=N–C) groups is 1. The van der Waals surface area contributed by atoms with Crippen LogP contribution in [0.1, 0.15) is 70.2 Å². The molecule has 0 radical (unpaired) electrons. The summed E-state index contributed by atoms with van der Waals surface area (Å²) in [7, 11) is 0. The number of hydrogen-bond donors (Lipinski definition) is 2. The molecule has 3 aliphatic rings. The quantitative estimate of drug-likeness (QED) is 0.661. The highest BCUT2D eigenvalue weighted by atomic mass is 19.1. The molecule has 1 saturated carbocycles. The number of nitrogens with one attached hydrogen (secondary N) is 1. The molecule has 5 rings (SSSR count). The molecule has 0 bridgehead atoms. The van der Waals surface area contributed by atoms with Gasteiger partial charge in [-0.15, -0.1) is 0 Å². The summed E-state index contributed by atoms with van der Waals surface area (Å²) < 4.78 is 20.7. The monoisotopic (exact) mass is 493 g/mol. The van der Waals surface area contributed by atoms with E-state index in [0.717, 1.165) is 5.56 Å². The number of carbonyl (C=O) groups is 2. The van der Waals surface area contributed by atoms with Crippen LogP contribution in [0, 0.1) is 17.7 Å². The van der Waals surface area contributed by atoms with Crippen LogP contribution in [0.4, 0.5) is 4.39 Å². The van der Waals surface area contributed by atoms with E-state index in [-0.39, 0.29) is 36.0 Å². The first-order chi connectivity index (χ1) is 17.0. The molecule has 2 aromatic rings. The largest absolute Gasteiger partial charge is 0.487 e. The van der Waals surface area contributed by atoms with Gasteiger partial charge >= 0.3 is 0 Å². The van der Waals surface area contributed by atoms with Crippen molar-refractivity contribution in [3.63, 3.8) is 0 Å². The van der Waals surface area contributed by atoms with Gasteiger partial charge in [-0.25, -0.2) is 9.38 Å². The van der Waals surface area contributed by atoms with Crippen LogP contribution in [0.5, 0.6) is 5.75 Å². The van der Waals surface area contributed by atoms with Crippen molar-refractivity contribution in [2.24, 2.45) is 22.6 Å². The summed E-state index contributed by atoms with van der Waals surface area (Å²) in [4.78, 5) is 36.9. The molecule has 1 aromatic carbocycles. The van der Waals surface area contributed by atoms with Crippen molar-refractivity contribution < 1.29 is 18.7 Å². The van der Waals surface area contributed by atoms with Crippen molar-refractivity contribution in [2.45, 2.75) is 70.2 Å². The number of halogens is 1. The molecule has 3 heterocycles. The average molecular weight is 494 g/mol. The van der Waals surface area contributed by atoms with Crippen LogP contribution < -0.4 is 15.8 Å². The van der Waals surface area contributed by atoms with Gasteiger partial charge in [0.15, 0.2) is 5.96 Å². The summed E-state index contributed by atoms with van der Waals surface area (Å²) in [6.45, 7) is 7.58. The van der Waals surface area contributed by atoms with Gasteiger partial charge in [-0.05, 0) is 63.8 Å². The lowest BCUT2D eigenvalue weighted by atomic mass is 9.89. The smallest absolute Gasteiger partial charge is 0.232 e. The van der Waals surface area contributed by atoms with E-state index in [9.17, 15) is 14.0 Å². The predicted octanol–water partition coefficient (Wildman–Crippen LogP) is 3.64.